The van der Waals surface area contributed by atoms with Gasteiger partial charge in [-0.3, -0.25) is 9.59 Å². The Balaban J connectivity index is 1.65. The van der Waals surface area contributed by atoms with Crippen LogP contribution in [0.3, 0.4) is 0 Å². The van der Waals surface area contributed by atoms with Gasteiger partial charge in [-0.1, -0.05) is 68.1 Å². The second kappa shape index (κ2) is 15.4. The van der Waals surface area contributed by atoms with Crippen molar-refractivity contribution in [3.8, 4) is 11.5 Å². The molecule has 3 aromatic rings. The number of carbonyl (C=O) groups excluding carboxylic acids is 1. The molecule has 48 heavy (non-hydrogen) atoms. The molecule has 8 nitrogen and oxygen atoms in total. The van der Waals surface area contributed by atoms with E-state index in [2.05, 4.69) is 0 Å². The number of hydrogen-bond donors (Lipinski definition) is 3. The van der Waals surface area contributed by atoms with Gasteiger partial charge < -0.3 is 24.5 Å². The fraction of sp³-hybridized carbons (Fsp3) is 0.278. The summed E-state index contributed by atoms with van der Waals surface area (Å²) in [6.45, 7) is 3.47. The summed E-state index contributed by atoms with van der Waals surface area (Å²) in [6, 6.07) is 7.06. The van der Waals surface area contributed by atoms with Crippen LogP contribution in [0.15, 0.2) is 69.9 Å². The van der Waals surface area contributed by atoms with Gasteiger partial charge in [0.25, 0.3) is 0 Å². The van der Waals surface area contributed by atoms with Crippen molar-refractivity contribution >= 4 is 41.0 Å². The van der Waals surface area contributed by atoms with Crippen LogP contribution in [-0.4, -0.2) is 38.5 Å². The Morgan fingerprint density at radius 2 is 1.92 bits per heavy atom. The predicted molar refractivity (Wildman–Crippen MR) is 177 cm³/mol. The molecule has 1 aromatic heterocycles. The molecule has 0 bridgehead atoms. The molecule has 0 fully saturated rings. The molecule has 1 aliphatic carbocycles. The molecule has 0 radical (unpaired) electrons. The lowest BCUT2D eigenvalue weighted by Crippen LogP contribution is -2.45. The Hall–Kier alpha value is -4.81. The molecule has 0 amide bonds. The highest BCUT2D eigenvalue weighted by Gasteiger charge is 2.34. The SMILES string of the molecule is CCCc1cc(OCC/C=C\C=C\[C@@H](c2c(C(=O)O)oc3c(c2=O)=CCC(=S)C=3)[C@@H](O)c2cccc(C(F)(F)F)c2)cc(C(C)=O)c1O. The summed E-state index contributed by atoms with van der Waals surface area (Å²) >= 11 is 5.15. The number of carboxylic acids is 1. The number of halogens is 3. The zero-order chi connectivity index (χ0) is 35.2. The number of thiocarbonyl (C=S) groups is 1. The van der Waals surface area contributed by atoms with Crippen LogP contribution in [0.4, 0.5) is 13.2 Å². The number of aromatic carboxylic acids is 1. The van der Waals surface area contributed by atoms with Crippen molar-refractivity contribution in [3.63, 3.8) is 0 Å². The first-order chi connectivity index (χ1) is 22.7. The molecule has 0 saturated carbocycles. The quantitative estimate of drug-likeness (QED) is 0.0866. The summed E-state index contributed by atoms with van der Waals surface area (Å²) in [5.41, 5.74) is -1.72. The Morgan fingerprint density at radius 3 is 2.58 bits per heavy atom. The molecule has 3 N–H and O–H groups in total. The van der Waals surface area contributed by atoms with E-state index in [9.17, 15) is 42.9 Å². The van der Waals surface area contributed by atoms with E-state index < -0.39 is 46.5 Å². The maximum absolute atomic E-state index is 13.7. The Bertz CT molecular complexity index is 1970. The first-order valence-corrected chi connectivity index (χ1v) is 15.5. The van der Waals surface area contributed by atoms with Gasteiger partial charge in [0.15, 0.2) is 11.2 Å². The summed E-state index contributed by atoms with van der Waals surface area (Å²) < 4.78 is 51.8. The number of benzene rings is 2. The fourth-order valence-corrected chi connectivity index (χ4v) is 5.49. The van der Waals surface area contributed by atoms with Gasteiger partial charge in [0, 0.05) is 17.2 Å². The third-order valence-electron chi connectivity index (χ3n) is 7.61. The van der Waals surface area contributed by atoms with E-state index in [1.807, 2.05) is 6.92 Å². The number of phenolic OH excluding ortho intramolecular Hbond substituents is 1. The minimum Gasteiger partial charge on any atom is -0.507 e. The average Bonchev–Trinajstić information content (AvgIpc) is 3.03. The van der Waals surface area contributed by atoms with Crippen LogP contribution < -0.4 is 20.8 Å². The van der Waals surface area contributed by atoms with Gasteiger partial charge in [0.05, 0.1) is 34.6 Å². The maximum Gasteiger partial charge on any atom is 0.416 e. The third-order valence-corrected chi connectivity index (χ3v) is 7.90. The zero-order valence-corrected chi connectivity index (χ0v) is 26.9. The highest BCUT2D eigenvalue weighted by molar-refractivity contribution is 7.81. The first-order valence-electron chi connectivity index (χ1n) is 15.1. The number of aryl methyl sites for hydroxylation is 1. The largest absolute Gasteiger partial charge is 0.507 e. The standard InChI is InChI=1S/C36H33F3O8S/c1-3-9-21-17-24(18-28(20(2)40)32(21)42)46-15-7-5-4-6-12-27(31(41)22-10-8-11-23(16-22)36(37,38)39)30-33(43)26-14-13-25(48)19-29(26)47-34(30)35(44)45/h4-6,8,10-12,14,16-19,27,31,41-42H,3,7,9,13,15H2,1-2H3,(H,44,45)/b5-4-,12-6+/t27-,31-/m0/s1. The molecule has 12 heteroatoms. The van der Waals surface area contributed by atoms with Crippen molar-refractivity contribution in [3.05, 3.63) is 115 Å². The smallest absolute Gasteiger partial charge is 0.416 e. The van der Waals surface area contributed by atoms with Crippen molar-refractivity contribution in [1.29, 1.82) is 0 Å². The molecular formula is C36H33F3O8S. The van der Waals surface area contributed by atoms with E-state index in [4.69, 9.17) is 21.4 Å². The minimum atomic E-state index is -4.71. The van der Waals surface area contributed by atoms with Gasteiger partial charge in [0.1, 0.15) is 16.9 Å². The van der Waals surface area contributed by atoms with Gasteiger partial charge in [-0.15, -0.1) is 0 Å². The number of fused-ring (bicyclic) bond motifs is 1. The van der Waals surface area contributed by atoms with E-state index in [0.29, 0.717) is 29.0 Å². The van der Waals surface area contributed by atoms with Crippen molar-refractivity contribution in [2.24, 2.45) is 0 Å². The van der Waals surface area contributed by atoms with Crippen molar-refractivity contribution in [2.45, 2.75) is 57.7 Å². The van der Waals surface area contributed by atoms with Crippen molar-refractivity contribution < 1.29 is 47.2 Å². The highest BCUT2D eigenvalue weighted by atomic mass is 32.1. The monoisotopic (exact) mass is 682 g/mol. The van der Waals surface area contributed by atoms with E-state index in [0.717, 1.165) is 24.6 Å². The summed E-state index contributed by atoms with van der Waals surface area (Å²) in [6.07, 6.45) is 4.24. The second-order valence-corrected chi connectivity index (χ2v) is 11.6. The van der Waals surface area contributed by atoms with Gasteiger partial charge in [0.2, 0.25) is 5.76 Å². The van der Waals surface area contributed by atoms with E-state index in [-0.39, 0.29) is 46.3 Å². The Kier molecular flexibility index (Phi) is 11.6. The highest BCUT2D eigenvalue weighted by Crippen LogP contribution is 2.36. The number of aliphatic hydroxyl groups is 1. The lowest BCUT2D eigenvalue weighted by molar-refractivity contribution is -0.137. The number of aromatic hydroxyl groups is 1. The van der Waals surface area contributed by atoms with Crippen molar-refractivity contribution in [2.75, 3.05) is 6.61 Å². The number of allylic oxidation sites excluding steroid dienone is 2. The van der Waals surface area contributed by atoms with E-state index >= 15 is 0 Å². The molecular weight excluding hydrogens is 649 g/mol. The molecule has 2 aromatic carbocycles. The number of alkyl halides is 3. The van der Waals surface area contributed by atoms with Gasteiger partial charge in [-0.05, 0) is 61.2 Å². The molecule has 0 saturated heterocycles. The normalized spacial score (nSPS) is 14.3. The minimum absolute atomic E-state index is 0.0372. The number of ether oxygens (including phenoxy) is 1. The number of ketones is 1. The average molecular weight is 683 g/mol. The van der Waals surface area contributed by atoms with Crippen LogP contribution in [0.1, 0.15) is 88.3 Å². The topological polar surface area (TPSA) is 134 Å². The molecule has 1 heterocycles. The molecule has 1 aliphatic rings. The van der Waals surface area contributed by atoms with Crippen LogP contribution in [0.25, 0.3) is 12.2 Å². The fourth-order valence-electron chi connectivity index (χ4n) is 5.30. The molecule has 0 unspecified atom stereocenters. The number of phenols is 1. The second-order valence-electron chi connectivity index (χ2n) is 11.1. The van der Waals surface area contributed by atoms with Crippen LogP contribution >= 0.6 is 12.2 Å². The number of Topliss-reactive ketones (excluding diaryl/α,β-unsaturated/α-hetero) is 1. The van der Waals surface area contributed by atoms with Crippen LogP contribution in [0, 0.1) is 0 Å². The predicted octanol–water partition coefficient (Wildman–Crippen LogP) is 5.95. The van der Waals surface area contributed by atoms with Crippen molar-refractivity contribution in [1.82, 2.24) is 0 Å². The number of carbonyl (C=O) groups is 2. The van der Waals surface area contributed by atoms with Gasteiger partial charge in [-0.25, -0.2) is 4.79 Å². The molecule has 0 aliphatic heterocycles. The molecule has 0 spiro atoms. The zero-order valence-electron chi connectivity index (χ0n) is 26.0. The summed E-state index contributed by atoms with van der Waals surface area (Å²) in [5, 5.41) is 31.8. The summed E-state index contributed by atoms with van der Waals surface area (Å²) in [7, 11) is 0. The third kappa shape index (κ3) is 8.36. The molecule has 4 rings (SSSR count). The number of aliphatic hydroxyl groups excluding tert-OH is 1. The first kappa shape index (κ1) is 36.0. The van der Waals surface area contributed by atoms with Crippen LogP contribution in [-0.2, 0) is 12.6 Å². The molecule has 2 atom stereocenters. The lowest BCUT2D eigenvalue weighted by Gasteiger charge is -2.22. The lowest BCUT2D eigenvalue weighted by atomic mass is 9.86. The van der Waals surface area contributed by atoms with Gasteiger partial charge in [-0.2, -0.15) is 13.2 Å². The number of hydrogen-bond acceptors (Lipinski definition) is 8. The molecule has 252 valence electrons. The summed E-state index contributed by atoms with van der Waals surface area (Å²) in [4.78, 5) is 38.4. The number of carboxylic acid groups (broad SMARTS) is 1. The summed E-state index contributed by atoms with van der Waals surface area (Å²) in [5.74, 6) is -3.77. The Morgan fingerprint density at radius 1 is 1.17 bits per heavy atom. The maximum atomic E-state index is 13.7. The Labute approximate surface area is 278 Å². The van der Waals surface area contributed by atoms with E-state index in [1.54, 1.807) is 18.2 Å². The van der Waals surface area contributed by atoms with Gasteiger partial charge >= 0.3 is 12.1 Å². The van der Waals surface area contributed by atoms with Crippen LogP contribution in [0.2, 0.25) is 0 Å². The van der Waals surface area contributed by atoms with E-state index in [1.165, 1.54) is 43.4 Å². The van der Waals surface area contributed by atoms with Crippen LogP contribution in [0.5, 0.6) is 11.5 Å². The number of rotatable bonds is 13.